The van der Waals surface area contributed by atoms with Gasteiger partial charge < -0.3 is 4.74 Å². The molecule has 0 spiro atoms. The third-order valence-electron chi connectivity index (χ3n) is 5.22. The molecule has 2 bridgehead atoms. The van der Waals surface area contributed by atoms with Gasteiger partial charge in [0.1, 0.15) is 0 Å². The van der Waals surface area contributed by atoms with E-state index in [1.165, 1.54) is 32.4 Å². The zero-order valence-corrected chi connectivity index (χ0v) is 12.1. The Morgan fingerprint density at radius 1 is 0.950 bits per heavy atom. The van der Waals surface area contributed by atoms with Crippen LogP contribution in [0.3, 0.4) is 0 Å². The minimum absolute atomic E-state index is 0.709. The van der Waals surface area contributed by atoms with Gasteiger partial charge in [0, 0.05) is 31.7 Å². The van der Waals surface area contributed by atoms with Crippen molar-refractivity contribution in [3.05, 3.63) is 35.4 Å². The molecular weight excluding hydrogens is 248 g/mol. The van der Waals surface area contributed by atoms with Crippen molar-refractivity contribution >= 4 is 0 Å². The van der Waals surface area contributed by atoms with Crippen LogP contribution in [0.1, 0.15) is 42.5 Å². The van der Waals surface area contributed by atoms with E-state index in [1.807, 2.05) is 0 Å². The summed E-state index contributed by atoms with van der Waals surface area (Å²) in [5, 5.41) is 0. The topological polar surface area (TPSA) is 15.7 Å². The lowest BCUT2D eigenvalue weighted by molar-refractivity contribution is 0.0355. The number of morpholine rings is 1. The second kappa shape index (κ2) is 5.47. The summed E-state index contributed by atoms with van der Waals surface area (Å²) in [4.78, 5) is 5.31. The van der Waals surface area contributed by atoms with E-state index in [0.717, 1.165) is 26.3 Å². The standard InChI is InChI=1S/C17H24N2O/c1-2-5-15-14(4-1)16-6-7-17(15)19(16)9-3-8-18-10-12-20-13-11-18/h1-2,4-5,16-17H,3,6-13H2/t16-,17-/m1/s1. The molecule has 0 N–H and O–H groups in total. The fraction of sp³-hybridized carbons (Fsp3) is 0.647. The van der Waals surface area contributed by atoms with E-state index in [0.29, 0.717) is 12.1 Å². The summed E-state index contributed by atoms with van der Waals surface area (Å²) in [7, 11) is 0. The molecule has 1 aromatic carbocycles. The van der Waals surface area contributed by atoms with E-state index in [9.17, 15) is 0 Å². The van der Waals surface area contributed by atoms with Gasteiger partial charge in [0.15, 0.2) is 0 Å². The van der Waals surface area contributed by atoms with Gasteiger partial charge in [0.2, 0.25) is 0 Å². The molecule has 2 fully saturated rings. The minimum Gasteiger partial charge on any atom is -0.379 e. The highest BCUT2D eigenvalue weighted by Crippen LogP contribution is 2.52. The molecule has 0 aliphatic carbocycles. The summed E-state index contributed by atoms with van der Waals surface area (Å²) in [6.45, 7) is 6.55. The Bertz CT molecular complexity index is 439. The lowest BCUT2D eigenvalue weighted by atomic mass is 9.92. The Kier molecular flexibility index (Phi) is 3.51. The van der Waals surface area contributed by atoms with Crippen LogP contribution in [0.5, 0.6) is 0 Å². The zero-order valence-electron chi connectivity index (χ0n) is 12.1. The quantitative estimate of drug-likeness (QED) is 0.838. The summed E-state index contributed by atoms with van der Waals surface area (Å²) in [6.07, 6.45) is 4.01. The maximum atomic E-state index is 5.41. The molecule has 4 rings (SSSR count). The van der Waals surface area contributed by atoms with Crippen molar-refractivity contribution in [2.45, 2.75) is 31.3 Å². The molecule has 2 atom stereocenters. The van der Waals surface area contributed by atoms with Crippen molar-refractivity contribution in [2.75, 3.05) is 39.4 Å². The lowest BCUT2D eigenvalue weighted by Crippen LogP contribution is -2.38. The molecule has 0 saturated carbocycles. The van der Waals surface area contributed by atoms with E-state index in [-0.39, 0.29) is 0 Å². The van der Waals surface area contributed by atoms with Crippen molar-refractivity contribution in [1.29, 1.82) is 0 Å². The number of benzene rings is 1. The van der Waals surface area contributed by atoms with Gasteiger partial charge in [-0.25, -0.2) is 0 Å². The van der Waals surface area contributed by atoms with Gasteiger partial charge in [-0.3, -0.25) is 9.80 Å². The van der Waals surface area contributed by atoms with E-state index >= 15 is 0 Å². The van der Waals surface area contributed by atoms with Crippen molar-refractivity contribution in [1.82, 2.24) is 9.80 Å². The Morgan fingerprint density at radius 3 is 2.25 bits per heavy atom. The average Bonchev–Trinajstić information content (AvgIpc) is 3.05. The maximum Gasteiger partial charge on any atom is 0.0594 e. The molecule has 0 aromatic heterocycles. The first kappa shape index (κ1) is 12.8. The van der Waals surface area contributed by atoms with Crippen molar-refractivity contribution in [3.63, 3.8) is 0 Å². The van der Waals surface area contributed by atoms with Crippen LogP contribution in [0.2, 0.25) is 0 Å². The molecule has 3 nitrogen and oxygen atoms in total. The molecular formula is C17H24N2O. The van der Waals surface area contributed by atoms with Crippen molar-refractivity contribution in [3.8, 4) is 0 Å². The predicted octanol–water partition coefficient (Wildman–Crippen LogP) is 2.60. The fourth-order valence-electron chi connectivity index (χ4n) is 4.26. The van der Waals surface area contributed by atoms with Crippen LogP contribution >= 0.6 is 0 Å². The van der Waals surface area contributed by atoms with Crippen LogP contribution in [0.4, 0.5) is 0 Å². The van der Waals surface area contributed by atoms with Crippen LogP contribution in [-0.4, -0.2) is 49.2 Å². The molecule has 20 heavy (non-hydrogen) atoms. The minimum atomic E-state index is 0.709. The molecule has 0 radical (unpaired) electrons. The Hall–Kier alpha value is -0.900. The van der Waals surface area contributed by atoms with Gasteiger partial charge >= 0.3 is 0 Å². The molecule has 1 aromatic rings. The van der Waals surface area contributed by atoms with Gasteiger partial charge in [-0.15, -0.1) is 0 Å². The molecule has 3 aliphatic heterocycles. The van der Waals surface area contributed by atoms with Gasteiger partial charge in [-0.1, -0.05) is 24.3 Å². The highest BCUT2D eigenvalue weighted by Gasteiger charge is 2.42. The summed E-state index contributed by atoms with van der Waals surface area (Å²) < 4.78 is 5.41. The average molecular weight is 272 g/mol. The first-order valence-corrected chi connectivity index (χ1v) is 8.08. The third kappa shape index (κ3) is 2.18. The molecule has 3 heteroatoms. The number of hydrogen-bond donors (Lipinski definition) is 0. The van der Waals surface area contributed by atoms with E-state index in [1.54, 1.807) is 11.1 Å². The number of rotatable bonds is 4. The van der Waals surface area contributed by atoms with Gasteiger partial charge in [-0.2, -0.15) is 0 Å². The monoisotopic (exact) mass is 272 g/mol. The maximum absolute atomic E-state index is 5.41. The van der Waals surface area contributed by atoms with Crippen molar-refractivity contribution in [2.24, 2.45) is 0 Å². The third-order valence-corrected chi connectivity index (χ3v) is 5.22. The Balaban J connectivity index is 1.35. The van der Waals surface area contributed by atoms with Crippen molar-refractivity contribution < 1.29 is 4.74 Å². The van der Waals surface area contributed by atoms with E-state index < -0.39 is 0 Å². The first-order valence-electron chi connectivity index (χ1n) is 8.08. The molecule has 3 heterocycles. The van der Waals surface area contributed by atoms with Crippen LogP contribution in [0.25, 0.3) is 0 Å². The lowest BCUT2D eigenvalue weighted by Gasteiger charge is -2.28. The van der Waals surface area contributed by atoms with Crippen LogP contribution in [-0.2, 0) is 4.74 Å². The largest absolute Gasteiger partial charge is 0.379 e. The number of fused-ring (bicyclic) bond motifs is 5. The SMILES string of the molecule is c1ccc2c(c1)[C@H]1CC[C@H]2N1CCCN1CCOCC1. The Labute approximate surface area is 121 Å². The molecule has 108 valence electrons. The highest BCUT2D eigenvalue weighted by atomic mass is 16.5. The summed E-state index contributed by atoms with van der Waals surface area (Å²) in [5.41, 5.74) is 3.21. The van der Waals surface area contributed by atoms with Crippen LogP contribution < -0.4 is 0 Å². The summed E-state index contributed by atoms with van der Waals surface area (Å²) in [6, 6.07) is 10.5. The normalized spacial score (nSPS) is 29.8. The first-order chi connectivity index (χ1) is 9.93. The number of nitrogens with zero attached hydrogens (tertiary/aromatic N) is 2. The van der Waals surface area contributed by atoms with Crippen LogP contribution in [0.15, 0.2) is 24.3 Å². The molecule has 2 saturated heterocycles. The summed E-state index contributed by atoms with van der Waals surface area (Å²) >= 11 is 0. The van der Waals surface area contributed by atoms with E-state index in [4.69, 9.17) is 4.74 Å². The molecule has 0 unspecified atom stereocenters. The Morgan fingerprint density at radius 2 is 1.60 bits per heavy atom. The van der Waals surface area contributed by atoms with E-state index in [2.05, 4.69) is 34.1 Å². The second-order valence-electron chi connectivity index (χ2n) is 6.28. The number of ether oxygens (including phenoxy) is 1. The predicted molar refractivity (Wildman–Crippen MR) is 79.7 cm³/mol. The zero-order chi connectivity index (χ0) is 13.4. The second-order valence-corrected chi connectivity index (χ2v) is 6.28. The highest BCUT2D eigenvalue weighted by molar-refractivity contribution is 5.39. The summed E-state index contributed by atoms with van der Waals surface area (Å²) in [5.74, 6) is 0. The smallest absolute Gasteiger partial charge is 0.0594 e. The van der Waals surface area contributed by atoms with Crippen LogP contribution in [0, 0.1) is 0 Å². The fourth-order valence-corrected chi connectivity index (χ4v) is 4.26. The molecule has 0 amide bonds. The number of hydrogen-bond acceptors (Lipinski definition) is 3. The van der Waals surface area contributed by atoms with Gasteiger partial charge in [-0.05, 0) is 36.9 Å². The van der Waals surface area contributed by atoms with Gasteiger partial charge in [0.25, 0.3) is 0 Å². The van der Waals surface area contributed by atoms with Gasteiger partial charge in [0.05, 0.1) is 13.2 Å². The molecule has 3 aliphatic rings.